The highest BCUT2D eigenvalue weighted by Gasteiger charge is 2.35. The number of rotatable bonds is 3. The molecule has 1 rings (SSSR count). The van der Waals surface area contributed by atoms with Crippen molar-refractivity contribution in [3.63, 3.8) is 0 Å². The molecule has 0 aromatic rings. The maximum Gasteiger partial charge on any atom is 0.223 e. The summed E-state index contributed by atoms with van der Waals surface area (Å²) in [6.07, 6.45) is 2.19. The minimum Gasteiger partial charge on any atom is -0.396 e. The van der Waals surface area contributed by atoms with Crippen LogP contribution in [0.4, 0.5) is 0 Å². The van der Waals surface area contributed by atoms with E-state index >= 15 is 0 Å². The topological polar surface area (TPSA) is 40.5 Å². The van der Waals surface area contributed by atoms with E-state index in [1.807, 2.05) is 6.92 Å². The number of hydrogen-bond acceptors (Lipinski definition) is 2. The second kappa shape index (κ2) is 3.72. The molecule has 1 heterocycles. The Morgan fingerprint density at radius 2 is 2.50 bits per heavy atom. The molecule has 0 saturated carbocycles. The van der Waals surface area contributed by atoms with Crippen molar-refractivity contribution in [1.29, 1.82) is 0 Å². The largest absolute Gasteiger partial charge is 0.396 e. The third-order valence-electron chi connectivity index (χ3n) is 2.49. The molecule has 1 aliphatic heterocycles. The van der Waals surface area contributed by atoms with Gasteiger partial charge >= 0.3 is 0 Å². The predicted molar refractivity (Wildman–Crippen MR) is 46.6 cm³/mol. The summed E-state index contributed by atoms with van der Waals surface area (Å²) in [5.41, 5.74) is 0. The molecule has 1 aliphatic rings. The molecule has 1 N–H and O–H groups in total. The van der Waals surface area contributed by atoms with Gasteiger partial charge in [-0.05, 0) is 6.92 Å². The molecule has 0 aromatic heterocycles. The first-order valence-electron chi connectivity index (χ1n) is 4.22. The lowest BCUT2D eigenvalue weighted by molar-refractivity contribution is -0.128. The van der Waals surface area contributed by atoms with E-state index in [9.17, 15) is 4.79 Å². The molecule has 12 heavy (non-hydrogen) atoms. The Morgan fingerprint density at radius 1 is 1.83 bits per heavy atom. The standard InChI is InChI=1S/C9H15NO2/c1-3-4-10-7(2)8(6-11)5-9(10)12/h3,7-8,11H,1,4-6H2,2H3. The lowest BCUT2D eigenvalue weighted by atomic mass is 10.0. The fourth-order valence-electron chi connectivity index (χ4n) is 1.62. The van der Waals surface area contributed by atoms with Crippen molar-refractivity contribution in [2.45, 2.75) is 19.4 Å². The summed E-state index contributed by atoms with van der Waals surface area (Å²) in [6, 6.07) is 0.153. The van der Waals surface area contributed by atoms with Crippen molar-refractivity contribution in [1.82, 2.24) is 4.90 Å². The van der Waals surface area contributed by atoms with E-state index < -0.39 is 0 Å². The van der Waals surface area contributed by atoms with E-state index in [1.165, 1.54) is 0 Å². The Hall–Kier alpha value is -0.830. The van der Waals surface area contributed by atoms with Gasteiger partial charge in [-0.3, -0.25) is 4.79 Å². The summed E-state index contributed by atoms with van der Waals surface area (Å²) in [7, 11) is 0. The summed E-state index contributed by atoms with van der Waals surface area (Å²) in [4.78, 5) is 13.1. The van der Waals surface area contributed by atoms with E-state index in [4.69, 9.17) is 5.11 Å². The normalized spacial score (nSPS) is 29.5. The van der Waals surface area contributed by atoms with Crippen LogP contribution in [-0.2, 0) is 4.79 Å². The number of likely N-dealkylation sites (tertiary alicyclic amines) is 1. The SMILES string of the molecule is C=CCN1C(=O)CC(CO)C1C. The molecule has 0 aromatic carbocycles. The molecular weight excluding hydrogens is 154 g/mol. The Balaban J connectivity index is 2.63. The molecule has 2 atom stereocenters. The minimum absolute atomic E-state index is 0.0978. The Morgan fingerprint density at radius 3 is 2.92 bits per heavy atom. The zero-order valence-corrected chi connectivity index (χ0v) is 7.36. The van der Waals surface area contributed by atoms with Crippen molar-refractivity contribution >= 4 is 5.91 Å². The number of nitrogens with zero attached hydrogens (tertiary/aromatic N) is 1. The van der Waals surface area contributed by atoms with Gasteiger partial charge < -0.3 is 10.0 Å². The van der Waals surface area contributed by atoms with Crippen LogP contribution in [0.3, 0.4) is 0 Å². The average molecular weight is 169 g/mol. The van der Waals surface area contributed by atoms with E-state index in [1.54, 1.807) is 11.0 Å². The van der Waals surface area contributed by atoms with Gasteiger partial charge in [-0.15, -0.1) is 6.58 Å². The second-order valence-electron chi connectivity index (χ2n) is 3.22. The van der Waals surface area contributed by atoms with Crippen LogP contribution in [0.1, 0.15) is 13.3 Å². The Bertz CT molecular complexity index is 191. The Kier molecular flexibility index (Phi) is 2.87. The molecule has 68 valence electrons. The number of carbonyl (C=O) groups excluding carboxylic acids is 1. The molecule has 0 spiro atoms. The maximum atomic E-state index is 11.3. The summed E-state index contributed by atoms with van der Waals surface area (Å²) in [6.45, 7) is 6.25. The van der Waals surface area contributed by atoms with E-state index in [0.29, 0.717) is 13.0 Å². The highest BCUT2D eigenvalue weighted by atomic mass is 16.3. The molecule has 2 unspecified atom stereocenters. The average Bonchev–Trinajstić information content (AvgIpc) is 2.32. The molecule has 3 nitrogen and oxygen atoms in total. The molecule has 0 bridgehead atoms. The molecular formula is C9H15NO2. The highest BCUT2D eigenvalue weighted by molar-refractivity contribution is 5.79. The van der Waals surface area contributed by atoms with Crippen molar-refractivity contribution in [2.24, 2.45) is 5.92 Å². The molecule has 1 amide bonds. The highest BCUT2D eigenvalue weighted by Crippen LogP contribution is 2.24. The first-order chi connectivity index (χ1) is 5.70. The first kappa shape index (κ1) is 9.26. The van der Waals surface area contributed by atoms with Crippen LogP contribution in [0.15, 0.2) is 12.7 Å². The number of carbonyl (C=O) groups is 1. The summed E-state index contributed by atoms with van der Waals surface area (Å²) in [5, 5.41) is 8.94. The van der Waals surface area contributed by atoms with Crippen molar-refractivity contribution in [3.8, 4) is 0 Å². The van der Waals surface area contributed by atoms with Crippen molar-refractivity contribution in [3.05, 3.63) is 12.7 Å². The zero-order chi connectivity index (χ0) is 9.14. The number of aliphatic hydroxyl groups is 1. The van der Waals surface area contributed by atoms with Gasteiger partial charge in [0.1, 0.15) is 0 Å². The van der Waals surface area contributed by atoms with Crippen molar-refractivity contribution < 1.29 is 9.90 Å². The fraction of sp³-hybridized carbons (Fsp3) is 0.667. The van der Waals surface area contributed by atoms with Gasteiger partial charge in [0.25, 0.3) is 0 Å². The maximum absolute atomic E-state index is 11.3. The number of aliphatic hydroxyl groups excluding tert-OH is 1. The van der Waals surface area contributed by atoms with Crippen LogP contribution in [-0.4, -0.2) is 35.1 Å². The van der Waals surface area contributed by atoms with Crippen molar-refractivity contribution in [2.75, 3.05) is 13.2 Å². The second-order valence-corrected chi connectivity index (χ2v) is 3.22. The van der Waals surface area contributed by atoms with E-state index in [-0.39, 0.29) is 24.5 Å². The lowest BCUT2D eigenvalue weighted by Gasteiger charge is -2.22. The van der Waals surface area contributed by atoms with Gasteiger partial charge in [-0.1, -0.05) is 6.08 Å². The van der Waals surface area contributed by atoms with E-state index in [2.05, 4.69) is 6.58 Å². The monoisotopic (exact) mass is 169 g/mol. The van der Waals surface area contributed by atoms with Gasteiger partial charge in [0, 0.05) is 31.5 Å². The quantitative estimate of drug-likeness (QED) is 0.621. The van der Waals surface area contributed by atoms with Crippen LogP contribution in [0.5, 0.6) is 0 Å². The number of hydrogen-bond donors (Lipinski definition) is 1. The van der Waals surface area contributed by atoms with E-state index in [0.717, 1.165) is 0 Å². The zero-order valence-electron chi connectivity index (χ0n) is 7.36. The Labute approximate surface area is 72.7 Å². The van der Waals surface area contributed by atoms with Crippen LogP contribution >= 0.6 is 0 Å². The van der Waals surface area contributed by atoms with Crippen LogP contribution in [0.2, 0.25) is 0 Å². The van der Waals surface area contributed by atoms with Gasteiger partial charge in [0.2, 0.25) is 5.91 Å². The van der Waals surface area contributed by atoms with Gasteiger partial charge in [0.15, 0.2) is 0 Å². The smallest absolute Gasteiger partial charge is 0.223 e. The third kappa shape index (κ3) is 1.50. The summed E-state index contributed by atoms with van der Waals surface area (Å²) >= 11 is 0. The van der Waals surface area contributed by atoms with Crippen LogP contribution < -0.4 is 0 Å². The van der Waals surface area contributed by atoms with Gasteiger partial charge in [-0.25, -0.2) is 0 Å². The minimum atomic E-state index is 0.0978. The molecule has 3 heteroatoms. The molecule has 0 radical (unpaired) electrons. The predicted octanol–water partition coefficient (Wildman–Crippen LogP) is 0.402. The third-order valence-corrected chi connectivity index (χ3v) is 2.49. The molecule has 1 saturated heterocycles. The summed E-state index contributed by atoms with van der Waals surface area (Å²) < 4.78 is 0. The lowest BCUT2D eigenvalue weighted by Crippen LogP contribution is -2.33. The van der Waals surface area contributed by atoms with Gasteiger partial charge in [-0.2, -0.15) is 0 Å². The number of amides is 1. The molecule has 1 fully saturated rings. The van der Waals surface area contributed by atoms with Crippen LogP contribution in [0.25, 0.3) is 0 Å². The fourth-order valence-corrected chi connectivity index (χ4v) is 1.62. The van der Waals surface area contributed by atoms with Gasteiger partial charge in [0.05, 0.1) is 0 Å². The summed E-state index contributed by atoms with van der Waals surface area (Å²) in [5.74, 6) is 0.235. The molecule has 0 aliphatic carbocycles. The first-order valence-corrected chi connectivity index (χ1v) is 4.22. The van der Waals surface area contributed by atoms with Crippen LogP contribution in [0, 0.1) is 5.92 Å².